The molecule has 2 aromatic rings. The number of halogens is 3. The van der Waals surface area contributed by atoms with E-state index in [-0.39, 0.29) is 29.9 Å². The molecule has 0 aliphatic carbocycles. The summed E-state index contributed by atoms with van der Waals surface area (Å²) >= 11 is 13.9. The average Bonchev–Trinajstić information content (AvgIpc) is 2.74. The van der Waals surface area contributed by atoms with Crippen LogP contribution in [0.3, 0.4) is 0 Å². The fraction of sp³-hybridized carbons (Fsp3) is 0.391. The van der Waals surface area contributed by atoms with Crippen molar-refractivity contribution in [2.75, 3.05) is 12.3 Å². The van der Waals surface area contributed by atoms with Crippen molar-refractivity contribution in [3.05, 3.63) is 69.5 Å². The molecule has 0 heterocycles. The number of benzene rings is 2. The molecular weight excluding hydrogens is 458 g/mol. The van der Waals surface area contributed by atoms with E-state index in [1.54, 1.807) is 43.3 Å². The lowest BCUT2D eigenvalue weighted by Gasteiger charge is -2.29. The maximum Gasteiger partial charge on any atom is 0.242 e. The van der Waals surface area contributed by atoms with Crippen molar-refractivity contribution in [3.8, 4) is 0 Å². The summed E-state index contributed by atoms with van der Waals surface area (Å²) in [4.78, 5) is 27.2. The van der Waals surface area contributed by atoms with E-state index >= 15 is 0 Å². The Kier molecular flexibility index (Phi) is 10.6. The number of thioether (sulfide) groups is 1. The number of hydrogen-bond acceptors (Lipinski definition) is 3. The molecule has 2 aromatic carbocycles. The Morgan fingerprint density at radius 2 is 1.81 bits per heavy atom. The highest BCUT2D eigenvalue weighted by Gasteiger charge is 2.27. The minimum atomic E-state index is -0.703. The molecule has 0 spiro atoms. The Hall–Kier alpha value is -1.76. The monoisotopic (exact) mass is 484 g/mol. The second-order valence-corrected chi connectivity index (χ2v) is 8.93. The van der Waals surface area contributed by atoms with E-state index in [1.807, 2.05) is 6.92 Å². The number of amides is 2. The third-order valence-electron chi connectivity index (χ3n) is 4.83. The number of rotatable bonds is 11. The number of nitrogens with one attached hydrogen (secondary N) is 1. The van der Waals surface area contributed by atoms with Crippen LogP contribution in [-0.4, -0.2) is 35.1 Å². The molecule has 2 amide bonds. The quantitative estimate of drug-likeness (QED) is 0.416. The van der Waals surface area contributed by atoms with E-state index in [4.69, 9.17) is 23.2 Å². The molecule has 1 atom stereocenters. The maximum absolute atomic E-state index is 13.8. The summed E-state index contributed by atoms with van der Waals surface area (Å²) in [5, 5.41) is 3.73. The number of carbonyl (C=O) groups excluding carboxylic acids is 2. The summed E-state index contributed by atoms with van der Waals surface area (Å²) in [5.74, 6) is -0.315. The topological polar surface area (TPSA) is 49.4 Å². The number of nitrogens with zero attached hydrogens (tertiary/aromatic N) is 1. The Bertz CT molecular complexity index is 877. The maximum atomic E-state index is 13.8. The molecule has 0 aromatic heterocycles. The second-order valence-electron chi connectivity index (χ2n) is 7.13. The van der Waals surface area contributed by atoms with Gasteiger partial charge in [-0.15, -0.1) is 11.8 Å². The molecule has 0 aliphatic heterocycles. The van der Waals surface area contributed by atoms with Gasteiger partial charge in [-0.2, -0.15) is 0 Å². The largest absolute Gasteiger partial charge is 0.354 e. The van der Waals surface area contributed by atoms with Crippen molar-refractivity contribution in [3.63, 3.8) is 0 Å². The van der Waals surface area contributed by atoms with Crippen LogP contribution in [-0.2, 0) is 21.9 Å². The lowest BCUT2D eigenvalue weighted by atomic mass is 10.1. The van der Waals surface area contributed by atoms with Crippen LogP contribution in [0.1, 0.15) is 37.8 Å². The van der Waals surface area contributed by atoms with Gasteiger partial charge < -0.3 is 10.2 Å². The first-order chi connectivity index (χ1) is 14.8. The Balaban J connectivity index is 2.12. The van der Waals surface area contributed by atoms with Crippen LogP contribution in [0.4, 0.5) is 4.39 Å². The lowest BCUT2D eigenvalue weighted by molar-refractivity contribution is -0.138. The number of carbonyl (C=O) groups is 2. The third-order valence-corrected chi connectivity index (χ3v) is 6.50. The third kappa shape index (κ3) is 7.70. The van der Waals surface area contributed by atoms with Gasteiger partial charge >= 0.3 is 0 Å². The lowest BCUT2D eigenvalue weighted by Crippen LogP contribution is -2.48. The SMILES string of the molecule is CCCCNC(=O)C(C)N(Cc1c(Cl)cccc1Cl)C(=O)CSCc1ccccc1F. The molecule has 1 unspecified atom stereocenters. The van der Waals surface area contributed by atoms with Crippen LogP contribution >= 0.6 is 35.0 Å². The van der Waals surface area contributed by atoms with E-state index in [9.17, 15) is 14.0 Å². The van der Waals surface area contributed by atoms with E-state index in [2.05, 4.69) is 5.32 Å². The molecule has 4 nitrogen and oxygen atoms in total. The summed E-state index contributed by atoms with van der Waals surface area (Å²) in [6, 6.07) is 10.9. The van der Waals surface area contributed by atoms with Crippen molar-refractivity contribution in [2.45, 2.75) is 45.0 Å². The fourth-order valence-electron chi connectivity index (χ4n) is 2.92. The Morgan fingerprint density at radius 3 is 2.45 bits per heavy atom. The van der Waals surface area contributed by atoms with Gasteiger partial charge in [0, 0.05) is 34.5 Å². The summed E-state index contributed by atoms with van der Waals surface area (Å²) in [5.41, 5.74) is 1.12. The molecular formula is C23H27Cl2FN2O2S. The molecule has 0 radical (unpaired) electrons. The van der Waals surface area contributed by atoms with Crippen molar-refractivity contribution < 1.29 is 14.0 Å². The van der Waals surface area contributed by atoms with Crippen molar-refractivity contribution >= 4 is 46.8 Å². The summed E-state index contributed by atoms with van der Waals surface area (Å²) in [7, 11) is 0. The minimum Gasteiger partial charge on any atom is -0.354 e. The van der Waals surface area contributed by atoms with Crippen LogP contribution in [0.2, 0.25) is 10.0 Å². The Labute approximate surface area is 197 Å². The zero-order valence-corrected chi connectivity index (χ0v) is 20.0. The molecule has 0 saturated carbocycles. The molecule has 0 bridgehead atoms. The van der Waals surface area contributed by atoms with Gasteiger partial charge in [0.25, 0.3) is 0 Å². The van der Waals surface area contributed by atoms with Crippen LogP contribution in [0.5, 0.6) is 0 Å². The first-order valence-electron chi connectivity index (χ1n) is 10.2. The van der Waals surface area contributed by atoms with Crippen LogP contribution in [0, 0.1) is 5.82 Å². The standard InChI is InChI=1S/C23H27Cl2FN2O2S/c1-3-4-12-27-23(30)16(2)28(13-18-19(24)9-7-10-20(18)25)22(29)15-31-14-17-8-5-6-11-21(17)26/h5-11,16H,3-4,12-15H2,1-2H3,(H,27,30). The predicted octanol–water partition coefficient (Wildman–Crippen LogP) is 5.70. The van der Waals surface area contributed by atoms with Gasteiger partial charge in [-0.25, -0.2) is 4.39 Å². The summed E-state index contributed by atoms with van der Waals surface area (Å²) in [6.45, 7) is 4.39. The average molecular weight is 485 g/mol. The Morgan fingerprint density at radius 1 is 1.13 bits per heavy atom. The molecule has 168 valence electrons. The number of hydrogen-bond donors (Lipinski definition) is 1. The van der Waals surface area contributed by atoms with E-state index in [1.165, 1.54) is 22.7 Å². The fourth-order valence-corrected chi connectivity index (χ4v) is 4.33. The van der Waals surface area contributed by atoms with Crippen LogP contribution in [0.25, 0.3) is 0 Å². The molecule has 0 fully saturated rings. The van der Waals surface area contributed by atoms with Crippen molar-refractivity contribution in [1.82, 2.24) is 10.2 Å². The van der Waals surface area contributed by atoms with Gasteiger partial charge in [-0.1, -0.05) is 60.8 Å². The van der Waals surface area contributed by atoms with Gasteiger partial charge in [-0.3, -0.25) is 9.59 Å². The van der Waals surface area contributed by atoms with E-state index in [0.717, 1.165) is 12.8 Å². The first-order valence-corrected chi connectivity index (χ1v) is 12.1. The summed E-state index contributed by atoms with van der Waals surface area (Å²) < 4.78 is 13.8. The molecule has 2 rings (SSSR count). The van der Waals surface area contributed by atoms with Crippen molar-refractivity contribution in [2.24, 2.45) is 0 Å². The highest BCUT2D eigenvalue weighted by molar-refractivity contribution is 7.99. The zero-order valence-electron chi connectivity index (χ0n) is 17.7. The highest BCUT2D eigenvalue weighted by Crippen LogP contribution is 2.27. The molecule has 0 aliphatic rings. The predicted molar refractivity (Wildman–Crippen MR) is 127 cm³/mol. The van der Waals surface area contributed by atoms with E-state index < -0.39 is 6.04 Å². The molecule has 0 saturated heterocycles. The van der Waals surface area contributed by atoms with Gasteiger partial charge in [0.1, 0.15) is 11.9 Å². The van der Waals surface area contributed by atoms with Crippen molar-refractivity contribution in [1.29, 1.82) is 0 Å². The summed E-state index contributed by atoms with van der Waals surface area (Å²) in [6.07, 6.45) is 1.82. The van der Waals surface area contributed by atoms with Gasteiger partial charge in [0.2, 0.25) is 11.8 Å². The normalized spacial score (nSPS) is 11.8. The van der Waals surface area contributed by atoms with Gasteiger partial charge in [-0.05, 0) is 37.1 Å². The second kappa shape index (κ2) is 12.9. The van der Waals surface area contributed by atoms with Gasteiger partial charge in [0.05, 0.1) is 5.75 Å². The molecule has 31 heavy (non-hydrogen) atoms. The number of unbranched alkanes of at least 4 members (excludes halogenated alkanes) is 1. The smallest absolute Gasteiger partial charge is 0.242 e. The first kappa shape index (κ1) is 25.5. The van der Waals surface area contributed by atoms with Crippen LogP contribution < -0.4 is 5.32 Å². The minimum absolute atomic E-state index is 0.100. The van der Waals surface area contributed by atoms with Gasteiger partial charge in [0.15, 0.2) is 0 Å². The molecule has 1 N–H and O–H groups in total. The zero-order chi connectivity index (χ0) is 22.8. The van der Waals surface area contributed by atoms with E-state index in [0.29, 0.717) is 33.5 Å². The highest BCUT2D eigenvalue weighted by atomic mass is 35.5. The van der Waals surface area contributed by atoms with Crippen LogP contribution in [0.15, 0.2) is 42.5 Å². The molecule has 8 heteroatoms.